The molecule has 120 valence electrons. The van der Waals surface area contributed by atoms with Gasteiger partial charge in [0, 0.05) is 46.2 Å². The molecule has 0 rings (SSSR count). The summed E-state index contributed by atoms with van der Waals surface area (Å²) in [4.78, 5) is 18.4. The Balaban J connectivity index is 4.12. The lowest BCUT2D eigenvalue weighted by Gasteiger charge is -2.26. The third-order valence-corrected chi connectivity index (χ3v) is 3.25. The van der Waals surface area contributed by atoms with Crippen LogP contribution in [0.1, 0.15) is 26.7 Å². The molecule has 0 aliphatic heterocycles. The van der Waals surface area contributed by atoms with Gasteiger partial charge in [0.2, 0.25) is 5.91 Å². The van der Waals surface area contributed by atoms with Crippen LogP contribution in [0.5, 0.6) is 0 Å². The van der Waals surface area contributed by atoms with Crippen molar-refractivity contribution in [2.24, 2.45) is 11.7 Å². The highest BCUT2D eigenvalue weighted by atomic mass is 16.2. The van der Waals surface area contributed by atoms with Crippen LogP contribution in [0.15, 0.2) is 0 Å². The Bertz CT molecular complexity index is 256. The fourth-order valence-electron chi connectivity index (χ4n) is 2.05. The third-order valence-electron chi connectivity index (χ3n) is 3.25. The molecule has 0 bridgehead atoms. The summed E-state index contributed by atoms with van der Waals surface area (Å²) in [5, 5.41) is 0. The van der Waals surface area contributed by atoms with Gasteiger partial charge in [0.05, 0.1) is 0 Å². The van der Waals surface area contributed by atoms with Crippen molar-refractivity contribution in [1.29, 1.82) is 0 Å². The van der Waals surface area contributed by atoms with E-state index in [0.29, 0.717) is 18.9 Å². The molecule has 2 N–H and O–H groups in total. The van der Waals surface area contributed by atoms with E-state index in [1.54, 1.807) is 4.90 Å². The van der Waals surface area contributed by atoms with Crippen molar-refractivity contribution in [1.82, 2.24) is 14.7 Å². The van der Waals surface area contributed by atoms with E-state index < -0.39 is 0 Å². The van der Waals surface area contributed by atoms with Gasteiger partial charge in [0.1, 0.15) is 0 Å². The first-order valence-electron chi connectivity index (χ1n) is 7.68. The van der Waals surface area contributed by atoms with Crippen molar-refractivity contribution < 1.29 is 4.79 Å². The monoisotopic (exact) mass is 286 g/mol. The molecule has 5 heteroatoms. The summed E-state index contributed by atoms with van der Waals surface area (Å²) in [6, 6.07) is 0. The summed E-state index contributed by atoms with van der Waals surface area (Å²) in [6.07, 6.45) is 1.47. The predicted octanol–water partition coefficient (Wildman–Crippen LogP) is 0.703. The van der Waals surface area contributed by atoms with Crippen LogP contribution < -0.4 is 5.73 Å². The van der Waals surface area contributed by atoms with Gasteiger partial charge in [-0.25, -0.2) is 0 Å². The summed E-state index contributed by atoms with van der Waals surface area (Å²) in [6.45, 7) is 9.78. The Morgan fingerprint density at radius 1 is 1.05 bits per heavy atom. The molecule has 0 aromatic rings. The minimum Gasteiger partial charge on any atom is -0.346 e. The lowest BCUT2D eigenvalue weighted by Crippen LogP contribution is -2.38. The maximum absolute atomic E-state index is 12.0. The zero-order valence-electron chi connectivity index (χ0n) is 14.1. The van der Waals surface area contributed by atoms with E-state index in [9.17, 15) is 4.79 Å². The number of hydrogen-bond acceptors (Lipinski definition) is 4. The zero-order valence-corrected chi connectivity index (χ0v) is 14.1. The molecular weight excluding hydrogens is 252 g/mol. The van der Waals surface area contributed by atoms with Gasteiger partial charge in [-0.05, 0) is 33.0 Å². The van der Waals surface area contributed by atoms with Gasteiger partial charge in [-0.3, -0.25) is 4.79 Å². The highest BCUT2D eigenvalue weighted by molar-refractivity contribution is 5.76. The van der Waals surface area contributed by atoms with E-state index in [2.05, 4.69) is 37.7 Å². The van der Waals surface area contributed by atoms with Crippen LogP contribution in [0.4, 0.5) is 0 Å². The van der Waals surface area contributed by atoms with Crippen LogP contribution in [0.2, 0.25) is 0 Å². The average molecular weight is 286 g/mol. The SMILES string of the molecule is CC(C)CN(CCC(=O)N(C)CCCN)CCN(C)C. The second-order valence-corrected chi connectivity index (χ2v) is 6.21. The molecule has 0 saturated carbocycles. The van der Waals surface area contributed by atoms with Crippen LogP contribution in [0.3, 0.4) is 0 Å². The quantitative estimate of drug-likeness (QED) is 0.607. The van der Waals surface area contributed by atoms with E-state index in [-0.39, 0.29) is 5.91 Å². The predicted molar refractivity (Wildman–Crippen MR) is 85.8 cm³/mol. The molecule has 0 aliphatic carbocycles. The van der Waals surface area contributed by atoms with E-state index in [4.69, 9.17) is 5.73 Å². The van der Waals surface area contributed by atoms with E-state index >= 15 is 0 Å². The molecule has 5 nitrogen and oxygen atoms in total. The second-order valence-electron chi connectivity index (χ2n) is 6.21. The van der Waals surface area contributed by atoms with Gasteiger partial charge in [-0.1, -0.05) is 13.8 Å². The standard InChI is InChI=1S/C15H34N4O/c1-14(2)13-19(12-11-17(3)4)10-7-15(20)18(5)9-6-8-16/h14H,6-13,16H2,1-5H3. The summed E-state index contributed by atoms with van der Waals surface area (Å²) in [5.41, 5.74) is 5.47. The van der Waals surface area contributed by atoms with Crippen molar-refractivity contribution in [3.05, 3.63) is 0 Å². The lowest BCUT2D eigenvalue weighted by molar-refractivity contribution is -0.130. The van der Waals surface area contributed by atoms with Crippen LogP contribution in [0.25, 0.3) is 0 Å². The molecular formula is C15H34N4O. The third kappa shape index (κ3) is 10.2. The van der Waals surface area contributed by atoms with E-state index in [0.717, 1.165) is 39.1 Å². The van der Waals surface area contributed by atoms with Crippen molar-refractivity contribution in [3.63, 3.8) is 0 Å². The Labute approximate surface area is 125 Å². The normalized spacial score (nSPS) is 11.7. The van der Waals surface area contributed by atoms with E-state index in [1.807, 2.05) is 7.05 Å². The first kappa shape index (κ1) is 19.4. The highest BCUT2D eigenvalue weighted by Gasteiger charge is 2.12. The fraction of sp³-hybridized carbons (Fsp3) is 0.933. The first-order chi connectivity index (χ1) is 9.36. The molecule has 0 fully saturated rings. The smallest absolute Gasteiger partial charge is 0.223 e. The summed E-state index contributed by atoms with van der Waals surface area (Å²) in [7, 11) is 6.03. The van der Waals surface area contributed by atoms with Crippen molar-refractivity contribution in [2.45, 2.75) is 26.7 Å². The maximum atomic E-state index is 12.0. The molecule has 0 aromatic heterocycles. The Hall–Kier alpha value is -0.650. The molecule has 1 amide bonds. The second kappa shape index (κ2) is 11.1. The van der Waals surface area contributed by atoms with Gasteiger partial charge < -0.3 is 20.4 Å². The topological polar surface area (TPSA) is 52.8 Å². The summed E-state index contributed by atoms with van der Waals surface area (Å²) in [5.74, 6) is 0.847. The molecule has 20 heavy (non-hydrogen) atoms. The highest BCUT2D eigenvalue weighted by Crippen LogP contribution is 2.02. The number of likely N-dealkylation sites (N-methyl/N-ethyl adjacent to an activating group) is 1. The average Bonchev–Trinajstić information content (AvgIpc) is 2.37. The number of nitrogens with zero attached hydrogens (tertiary/aromatic N) is 3. The minimum absolute atomic E-state index is 0.219. The van der Waals surface area contributed by atoms with Gasteiger partial charge in [0.25, 0.3) is 0 Å². The molecule has 0 unspecified atom stereocenters. The van der Waals surface area contributed by atoms with Gasteiger partial charge in [-0.2, -0.15) is 0 Å². The fourth-order valence-corrected chi connectivity index (χ4v) is 2.05. The van der Waals surface area contributed by atoms with Crippen LogP contribution in [-0.4, -0.2) is 81.0 Å². The van der Waals surface area contributed by atoms with E-state index in [1.165, 1.54) is 0 Å². The molecule has 0 saturated heterocycles. The number of nitrogens with two attached hydrogens (primary N) is 1. The maximum Gasteiger partial charge on any atom is 0.223 e. The van der Waals surface area contributed by atoms with Gasteiger partial charge in [-0.15, -0.1) is 0 Å². The molecule has 0 aliphatic rings. The van der Waals surface area contributed by atoms with Crippen molar-refractivity contribution in [2.75, 3.05) is 60.4 Å². The molecule has 0 spiro atoms. The van der Waals surface area contributed by atoms with Gasteiger partial charge in [0.15, 0.2) is 0 Å². The first-order valence-corrected chi connectivity index (χ1v) is 7.68. The summed E-state index contributed by atoms with van der Waals surface area (Å²) < 4.78 is 0. The van der Waals surface area contributed by atoms with Crippen LogP contribution in [-0.2, 0) is 4.79 Å². The molecule has 0 atom stereocenters. The van der Waals surface area contributed by atoms with Crippen LogP contribution in [0, 0.1) is 5.92 Å². The Morgan fingerprint density at radius 3 is 2.20 bits per heavy atom. The zero-order chi connectivity index (χ0) is 15.5. The minimum atomic E-state index is 0.219. The molecule has 0 heterocycles. The molecule has 0 aromatic carbocycles. The number of rotatable bonds is 11. The number of amides is 1. The van der Waals surface area contributed by atoms with Crippen molar-refractivity contribution >= 4 is 5.91 Å². The Kier molecular flexibility index (Phi) is 10.7. The van der Waals surface area contributed by atoms with Gasteiger partial charge >= 0.3 is 0 Å². The lowest BCUT2D eigenvalue weighted by atomic mass is 10.2. The Morgan fingerprint density at radius 2 is 1.70 bits per heavy atom. The van der Waals surface area contributed by atoms with Crippen LogP contribution >= 0.6 is 0 Å². The van der Waals surface area contributed by atoms with Crippen molar-refractivity contribution in [3.8, 4) is 0 Å². The number of carbonyl (C=O) groups is 1. The largest absolute Gasteiger partial charge is 0.346 e. The summed E-state index contributed by atoms with van der Waals surface area (Å²) >= 11 is 0. The number of hydrogen-bond donors (Lipinski definition) is 1. The number of carbonyl (C=O) groups excluding carboxylic acids is 1. The molecule has 0 radical (unpaired) electrons.